The first-order valence-electron chi connectivity index (χ1n) is 8.01. The minimum atomic E-state index is -4.38. The van der Waals surface area contributed by atoms with Crippen LogP contribution in [-0.4, -0.2) is 31.1 Å². The van der Waals surface area contributed by atoms with Crippen molar-refractivity contribution in [1.82, 2.24) is 15.6 Å². The number of hydrogen-bond donors (Lipinski definition) is 2. The first-order chi connectivity index (χ1) is 12.0. The van der Waals surface area contributed by atoms with Gasteiger partial charge in [-0.1, -0.05) is 24.3 Å². The van der Waals surface area contributed by atoms with Crippen LogP contribution < -0.4 is 10.6 Å². The fourth-order valence-corrected chi connectivity index (χ4v) is 3.63. The van der Waals surface area contributed by atoms with Crippen molar-refractivity contribution < 1.29 is 13.2 Å². The maximum atomic E-state index is 12.5. The smallest absolute Gasteiger partial charge is 0.356 e. The van der Waals surface area contributed by atoms with Crippen molar-refractivity contribution in [2.75, 3.05) is 20.1 Å². The summed E-state index contributed by atoms with van der Waals surface area (Å²) in [5.41, 5.74) is 1.94. The minimum Gasteiger partial charge on any atom is -0.356 e. The fourth-order valence-electron chi connectivity index (χ4n) is 2.83. The Kier molecular flexibility index (Phi) is 5.27. The van der Waals surface area contributed by atoms with E-state index >= 15 is 0 Å². The SMILES string of the molecule is CN=C(NCCc1nc(C(F)(F)F)cs1)NCC1Cc2ccccc21. The summed E-state index contributed by atoms with van der Waals surface area (Å²) in [7, 11) is 1.68. The van der Waals surface area contributed by atoms with Gasteiger partial charge in [0.05, 0.1) is 5.01 Å². The van der Waals surface area contributed by atoms with E-state index in [0.717, 1.165) is 29.7 Å². The Balaban J connectivity index is 1.42. The molecule has 1 unspecified atom stereocenters. The molecule has 0 bridgehead atoms. The normalized spacial score (nSPS) is 17.0. The number of fused-ring (bicyclic) bond motifs is 1. The predicted octanol–water partition coefficient (Wildman–Crippen LogP) is 3.21. The summed E-state index contributed by atoms with van der Waals surface area (Å²) in [6.07, 6.45) is -2.90. The zero-order valence-corrected chi connectivity index (χ0v) is 14.5. The second-order valence-electron chi connectivity index (χ2n) is 5.85. The Morgan fingerprint density at radius 1 is 1.32 bits per heavy atom. The lowest BCUT2D eigenvalue weighted by Gasteiger charge is -2.30. The van der Waals surface area contributed by atoms with Crippen molar-refractivity contribution in [3.63, 3.8) is 0 Å². The molecule has 0 fully saturated rings. The average molecular weight is 368 g/mol. The van der Waals surface area contributed by atoms with Crippen LogP contribution in [0.15, 0.2) is 34.6 Å². The van der Waals surface area contributed by atoms with Crippen LogP contribution in [0.1, 0.15) is 27.7 Å². The summed E-state index contributed by atoms with van der Waals surface area (Å²) in [5.74, 6) is 1.13. The largest absolute Gasteiger partial charge is 0.434 e. The first kappa shape index (κ1) is 17.7. The van der Waals surface area contributed by atoms with Crippen LogP contribution >= 0.6 is 11.3 Å². The predicted molar refractivity (Wildman–Crippen MR) is 93.1 cm³/mol. The van der Waals surface area contributed by atoms with E-state index in [0.29, 0.717) is 29.9 Å². The second kappa shape index (κ2) is 7.43. The monoisotopic (exact) mass is 368 g/mol. The summed E-state index contributed by atoms with van der Waals surface area (Å²) < 4.78 is 37.6. The molecule has 1 aromatic carbocycles. The van der Waals surface area contributed by atoms with Crippen molar-refractivity contribution in [3.8, 4) is 0 Å². The molecule has 1 heterocycles. The van der Waals surface area contributed by atoms with Gasteiger partial charge in [0.1, 0.15) is 0 Å². The van der Waals surface area contributed by atoms with Gasteiger partial charge in [-0.25, -0.2) is 4.98 Å². The number of hydrogen-bond acceptors (Lipinski definition) is 3. The molecule has 0 saturated heterocycles. The lowest BCUT2D eigenvalue weighted by molar-refractivity contribution is -0.140. The third kappa shape index (κ3) is 4.31. The molecule has 0 radical (unpaired) electrons. The van der Waals surface area contributed by atoms with Crippen LogP contribution in [0.2, 0.25) is 0 Å². The zero-order chi connectivity index (χ0) is 17.9. The Bertz CT molecular complexity index is 754. The lowest BCUT2D eigenvalue weighted by atomic mass is 9.78. The van der Waals surface area contributed by atoms with E-state index in [-0.39, 0.29) is 0 Å². The summed E-state index contributed by atoms with van der Waals surface area (Å²) in [5, 5.41) is 7.90. The Morgan fingerprint density at radius 2 is 2.12 bits per heavy atom. The average Bonchev–Trinajstić information content (AvgIpc) is 3.03. The molecule has 0 aliphatic heterocycles. The van der Waals surface area contributed by atoms with Crippen molar-refractivity contribution in [2.24, 2.45) is 4.99 Å². The molecule has 0 amide bonds. The van der Waals surface area contributed by atoms with Crippen LogP contribution in [0, 0.1) is 0 Å². The highest BCUT2D eigenvalue weighted by Gasteiger charge is 2.33. The molecule has 1 atom stereocenters. The molecule has 1 aliphatic carbocycles. The van der Waals surface area contributed by atoms with Crippen LogP contribution in [0.4, 0.5) is 13.2 Å². The Morgan fingerprint density at radius 3 is 2.80 bits per heavy atom. The van der Waals surface area contributed by atoms with E-state index in [1.54, 1.807) is 7.05 Å². The quantitative estimate of drug-likeness (QED) is 0.629. The molecular weight excluding hydrogens is 349 g/mol. The molecule has 4 nitrogen and oxygen atoms in total. The highest BCUT2D eigenvalue weighted by atomic mass is 32.1. The van der Waals surface area contributed by atoms with Gasteiger partial charge >= 0.3 is 6.18 Å². The van der Waals surface area contributed by atoms with Gasteiger partial charge < -0.3 is 10.6 Å². The number of benzene rings is 1. The molecular formula is C17H19F3N4S. The standard InChI is InChI=1S/C17H19F3N4S/c1-21-16(23-9-12-8-11-4-2-3-5-13(11)12)22-7-6-15-24-14(10-25-15)17(18,19)20/h2-5,10,12H,6-9H2,1H3,(H2,21,22,23). The van der Waals surface area contributed by atoms with E-state index in [2.05, 4.69) is 32.7 Å². The maximum absolute atomic E-state index is 12.5. The molecule has 8 heteroatoms. The van der Waals surface area contributed by atoms with Gasteiger partial charge in [0, 0.05) is 37.9 Å². The van der Waals surface area contributed by atoms with Gasteiger partial charge in [0.25, 0.3) is 0 Å². The van der Waals surface area contributed by atoms with Crippen molar-refractivity contribution >= 4 is 17.3 Å². The maximum Gasteiger partial charge on any atom is 0.434 e. The van der Waals surface area contributed by atoms with E-state index in [4.69, 9.17) is 0 Å². The number of nitrogens with zero attached hydrogens (tertiary/aromatic N) is 2. The molecule has 0 saturated carbocycles. The van der Waals surface area contributed by atoms with E-state index in [9.17, 15) is 13.2 Å². The topological polar surface area (TPSA) is 49.3 Å². The Labute approximate surface area is 148 Å². The van der Waals surface area contributed by atoms with Gasteiger partial charge in [-0.05, 0) is 17.5 Å². The number of halogens is 3. The van der Waals surface area contributed by atoms with Gasteiger partial charge in [0.2, 0.25) is 0 Å². The lowest BCUT2D eigenvalue weighted by Crippen LogP contribution is -2.41. The van der Waals surface area contributed by atoms with Gasteiger partial charge in [-0.2, -0.15) is 13.2 Å². The number of alkyl halides is 3. The number of aliphatic imine (C=N–C) groups is 1. The molecule has 134 valence electrons. The number of aromatic nitrogens is 1. The summed E-state index contributed by atoms with van der Waals surface area (Å²) in [6, 6.07) is 8.37. The summed E-state index contributed by atoms with van der Waals surface area (Å²) in [6.45, 7) is 1.26. The first-order valence-corrected chi connectivity index (χ1v) is 8.89. The van der Waals surface area contributed by atoms with Gasteiger partial charge in [-0.3, -0.25) is 4.99 Å². The minimum absolute atomic E-state index is 0.424. The van der Waals surface area contributed by atoms with Gasteiger partial charge in [0.15, 0.2) is 11.7 Å². The highest BCUT2D eigenvalue weighted by molar-refractivity contribution is 7.09. The number of nitrogens with one attached hydrogen (secondary N) is 2. The molecule has 1 aromatic heterocycles. The van der Waals surface area contributed by atoms with E-state index in [1.807, 2.05) is 12.1 Å². The van der Waals surface area contributed by atoms with E-state index < -0.39 is 11.9 Å². The van der Waals surface area contributed by atoms with Crippen LogP contribution in [0.5, 0.6) is 0 Å². The molecule has 25 heavy (non-hydrogen) atoms. The molecule has 0 spiro atoms. The van der Waals surface area contributed by atoms with Crippen LogP contribution in [-0.2, 0) is 19.0 Å². The third-order valence-electron chi connectivity index (χ3n) is 4.17. The number of guanidine groups is 1. The van der Waals surface area contributed by atoms with Gasteiger partial charge in [-0.15, -0.1) is 11.3 Å². The summed E-state index contributed by atoms with van der Waals surface area (Å²) >= 11 is 1.03. The number of thiazole rings is 1. The van der Waals surface area contributed by atoms with Crippen molar-refractivity contribution in [1.29, 1.82) is 0 Å². The van der Waals surface area contributed by atoms with Crippen LogP contribution in [0.25, 0.3) is 0 Å². The molecule has 1 aliphatic rings. The molecule has 3 rings (SSSR count). The number of rotatable bonds is 5. The van der Waals surface area contributed by atoms with Crippen molar-refractivity contribution in [3.05, 3.63) is 51.5 Å². The molecule has 2 N–H and O–H groups in total. The molecule has 2 aromatic rings. The fraction of sp³-hybridized carbons (Fsp3) is 0.412. The van der Waals surface area contributed by atoms with Crippen molar-refractivity contribution in [2.45, 2.75) is 24.9 Å². The summed E-state index contributed by atoms with van der Waals surface area (Å²) in [4.78, 5) is 7.77. The zero-order valence-electron chi connectivity index (χ0n) is 13.7. The third-order valence-corrected chi connectivity index (χ3v) is 5.08. The highest BCUT2D eigenvalue weighted by Crippen LogP contribution is 2.34. The van der Waals surface area contributed by atoms with Crippen LogP contribution in [0.3, 0.4) is 0 Å². The van der Waals surface area contributed by atoms with E-state index in [1.165, 1.54) is 11.1 Å². The second-order valence-corrected chi connectivity index (χ2v) is 6.80. The Hall–Kier alpha value is -2.09.